The molecular weight excluding hydrogens is 462 g/mol. The minimum absolute atomic E-state index is 0.0339. The number of carbonyl (C=O) groups excluding carboxylic acids is 2. The molecule has 3 heterocycles. The standard InChI is InChI=1S/C28H24ClN3O3/c1-35-20-6-4-5-17(13-20)15-31-16-25(33)32-24(28(31)34)14-22-21-7-2-3-8-23(21)30-26(22)27(32)18-9-11-19(29)12-10-18/h2-13,24,27,30H,14-16H2,1H3/t24-,27-/m0/s1. The van der Waals surface area contributed by atoms with Gasteiger partial charge < -0.3 is 19.5 Å². The van der Waals surface area contributed by atoms with Crippen molar-refractivity contribution in [3.05, 3.63) is 100 Å². The Hall–Kier alpha value is -3.77. The summed E-state index contributed by atoms with van der Waals surface area (Å²) in [4.78, 5) is 34.5. The van der Waals surface area contributed by atoms with Crippen LogP contribution in [0.2, 0.25) is 5.02 Å². The van der Waals surface area contributed by atoms with Gasteiger partial charge in [0, 0.05) is 34.6 Å². The minimum atomic E-state index is -0.575. The highest BCUT2D eigenvalue weighted by Gasteiger charge is 2.48. The van der Waals surface area contributed by atoms with Crippen LogP contribution in [0.1, 0.15) is 28.4 Å². The van der Waals surface area contributed by atoms with Gasteiger partial charge in [0.15, 0.2) is 0 Å². The minimum Gasteiger partial charge on any atom is -0.497 e. The van der Waals surface area contributed by atoms with E-state index >= 15 is 0 Å². The fourth-order valence-corrected chi connectivity index (χ4v) is 5.57. The van der Waals surface area contributed by atoms with E-state index in [1.165, 1.54) is 0 Å². The molecule has 6 nitrogen and oxygen atoms in total. The van der Waals surface area contributed by atoms with Gasteiger partial charge in [-0.25, -0.2) is 0 Å². The zero-order valence-corrected chi connectivity index (χ0v) is 20.0. The second-order valence-corrected chi connectivity index (χ2v) is 9.52. The molecule has 1 aromatic heterocycles. The molecule has 2 atom stereocenters. The van der Waals surface area contributed by atoms with E-state index in [2.05, 4.69) is 11.1 Å². The van der Waals surface area contributed by atoms with Crippen molar-refractivity contribution in [2.45, 2.75) is 25.0 Å². The van der Waals surface area contributed by atoms with Crippen LogP contribution in [0, 0.1) is 0 Å². The number of aromatic amines is 1. The monoisotopic (exact) mass is 485 g/mol. The molecule has 6 rings (SSSR count). The molecule has 4 aromatic rings. The number of piperazine rings is 1. The summed E-state index contributed by atoms with van der Waals surface area (Å²) >= 11 is 6.16. The highest BCUT2D eigenvalue weighted by atomic mass is 35.5. The van der Waals surface area contributed by atoms with Gasteiger partial charge in [-0.15, -0.1) is 0 Å². The van der Waals surface area contributed by atoms with Crippen molar-refractivity contribution in [2.24, 2.45) is 0 Å². The summed E-state index contributed by atoms with van der Waals surface area (Å²) in [6, 6.07) is 22.3. The third kappa shape index (κ3) is 3.65. The summed E-state index contributed by atoms with van der Waals surface area (Å²) in [6.45, 7) is 0.394. The SMILES string of the molecule is COc1cccc(CN2CC(=O)N3[C@@H](c4ccc(Cl)cc4)c4[nH]c5ccccc5c4C[C@H]3C2=O)c1. The van der Waals surface area contributed by atoms with Crippen LogP contribution in [-0.2, 0) is 22.6 Å². The summed E-state index contributed by atoms with van der Waals surface area (Å²) in [7, 11) is 1.62. The fraction of sp³-hybridized carbons (Fsp3) is 0.214. The molecule has 0 radical (unpaired) electrons. The zero-order chi connectivity index (χ0) is 24.1. The first-order valence-electron chi connectivity index (χ1n) is 11.6. The number of amides is 2. The van der Waals surface area contributed by atoms with E-state index < -0.39 is 6.04 Å². The molecule has 7 heteroatoms. The summed E-state index contributed by atoms with van der Waals surface area (Å²) in [5.74, 6) is 0.618. The molecule has 35 heavy (non-hydrogen) atoms. The number of halogens is 1. The number of para-hydroxylation sites is 1. The smallest absolute Gasteiger partial charge is 0.246 e. The molecule has 2 aliphatic heterocycles. The van der Waals surface area contributed by atoms with Gasteiger partial charge in [-0.2, -0.15) is 0 Å². The van der Waals surface area contributed by atoms with Crippen molar-refractivity contribution in [1.82, 2.24) is 14.8 Å². The van der Waals surface area contributed by atoms with Crippen LogP contribution in [0.15, 0.2) is 72.8 Å². The van der Waals surface area contributed by atoms with Crippen LogP contribution in [0.4, 0.5) is 0 Å². The van der Waals surface area contributed by atoms with Crippen LogP contribution >= 0.6 is 11.6 Å². The second-order valence-electron chi connectivity index (χ2n) is 9.08. The molecule has 1 N–H and O–H groups in total. The number of hydrogen-bond acceptors (Lipinski definition) is 3. The molecule has 0 aliphatic carbocycles. The predicted molar refractivity (Wildman–Crippen MR) is 134 cm³/mol. The van der Waals surface area contributed by atoms with Gasteiger partial charge in [-0.05, 0) is 47.0 Å². The largest absolute Gasteiger partial charge is 0.497 e. The van der Waals surface area contributed by atoms with E-state index in [-0.39, 0.29) is 24.4 Å². The Morgan fingerprint density at radius 2 is 1.83 bits per heavy atom. The molecule has 176 valence electrons. The van der Waals surface area contributed by atoms with Crippen molar-refractivity contribution >= 4 is 34.3 Å². The summed E-state index contributed by atoms with van der Waals surface area (Å²) < 4.78 is 5.33. The third-order valence-corrected chi connectivity index (χ3v) is 7.29. The fourth-order valence-electron chi connectivity index (χ4n) is 5.44. The number of benzene rings is 3. The quantitative estimate of drug-likeness (QED) is 0.455. The Morgan fingerprint density at radius 1 is 1.03 bits per heavy atom. The molecule has 1 saturated heterocycles. The highest BCUT2D eigenvalue weighted by molar-refractivity contribution is 6.30. The number of hydrogen-bond donors (Lipinski definition) is 1. The lowest BCUT2D eigenvalue weighted by Crippen LogP contribution is -2.62. The number of fused-ring (bicyclic) bond motifs is 4. The Labute approximate surface area is 208 Å². The Morgan fingerprint density at radius 3 is 2.63 bits per heavy atom. The number of carbonyl (C=O) groups is 2. The molecule has 0 bridgehead atoms. The zero-order valence-electron chi connectivity index (χ0n) is 19.2. The molecular formula is C28H24ClN3O3. The number of aromatic nitrogens is 1. The van der Waals surface area contributed by atoms with Crippen LogP contribution in [0.25, 0.3) is 10.9 Å². The Bertz CT molecular complexity index is 1450. The van der Waals surface area contributed by atoms with E-state index in [1.54, 1.807) is 16.9 Å². The normalized spacial score (nSPS) is 19.6. The second kappa shape index (κ2) is 8.47. The van der Waals surface area contributed by atoms with Crippen LogP contribution in [-0.4, -0.2) is 46.3 Å². The van der Waals surface area contributed by atoms with E-state index in [1.807, 2.05) is 66.7 Å². The lowest BCUT2D eigenvalue weighted by atomic mass is 9.86. The average molecular weight is 486 g/mol. The number of nitrogens with zero attached hydrogens (tertiary/aromatic N) is 2. The van der Waals surface area contributed by atoms with Gasteiger partial charge in [0.2, 0.25) is 11.8 Å². The first-order valence-corrected chi connectivity index (χ1v) is 12.0. The molecule has 1 fully saturated rings. The van der Waals surface area contributed by atoms with Gasteiger partial charge in [0.05, 0.1) is 13.2 Å². The van der Waals surface area contributed by atoms with E-state index in [0.717, 1.165) is 39.0 Å². The molecule has 0 spiro atoms. The number of ether oxygens (including phenoxy) is 1. The van der Waals surface area contributed by atoms with Gasteiger partial charge in [-0.3, -0.25) is 9.59 Å². The summed E-state index contributed by atoms with van der Waals surface area (Å²) in [5.41, 5.74) is 4.91. The van der Waals surface area contributed by atoms with E-state index in [0.29, 0.717) is 18.0 Å². The van der Waals surface area contributed by atoms with Crippen molar-refractivity contribution in [3.8, 4) is 5.75 Å². The molecule has 0 unspecified atom stereocenters. The van der Waals surface area contributed by atoms with Crippen molar-refractivity contribution in [1.29, 1.82) is 0 Å². The van der Waals surface area contributed by atoms with E-state index in [9.17, 15) is 9.59 Å². The topological polar surface area (TPSA) is 65.6 Å². The maximum atomic E-state index is 13.8. The van der Waals surface area contributed by atoms with Crippen LogP contribution in [0.3, 0.4) is 0 Å². The van der Waals surface area contributed by atoms with Crippen molar-refractivity contribution in [3.63, 3.8) is 0 Å². The Balaban J connectivity index is 1.43. The molecule has 2 aliphatic rings. The van der Waals surface area contributed by atoms with Crippen LogP contribution in [0.5, 0.6) is 5.75 Å². The summed E-state index contributed by atoms with van der Waals surface area (Å²) in [5, 5.41) is 1.72. The average Bonchev–Trinajstić information content (AvgIpc) is 3.25. The maximum Gasteiger partial charge on any atom is 0.246 e. The molecule has 0 saturated carbocycles. The highest BCUT2D eigenvalue weighted by Crippen LogP contribution is 2.42. The number of nitrogens with one attached hydrogen (secondary N) is 1. The molecule has 2 amide bonds. The van der Waals surface area contributed by atoms with Crippen molar-refractivity contribution in [2.75, 3.05) is 13.7 Å². The first kappa shape index (κ1) is 21.7. The number of rotatable bonds is 4. The number of methoxy groups -OCH3 is 1. The van der Waals surface area contributed by atoms with Crippen LogP contribution < -0.4 is 4.74 Å². The van der Waals surface area contributed by atoms with Crippen molar-refractivity contribution < 1.29 is 14.3 Å². The predicted octanol–water partition coefficient (Wildman–Crippen LogP) is 4.72. The van der Waals surface area contributed by atoms with E-state index in [4.69, 9.17) is 16.3 Å². The van der Waals surface area contributed by atoms with Gasteiger partial charge in [0.1, 0.15) is 18.3 Å². The number of H-pyrrole nitrogens is 1. The third-order valence-electron chi connectivity index (χ3n) is 7.04. The first-order chi connectivity index (χ1) is 17.0. The van der Waals surface area contributed by atoms with Gasteiger partial charge in [-0.1, -0.05) is 54.1 Å². The lowest BCUT2D eigenvalue weighted by molar-refractivity contribution is -0.159. The summed E-state index contributed by atoms with van der Waals surface area (Å²) in [6.07, 6.45) is 0.475. The van der Waals surface area contributed by atoms with Gasteiger partial charge >= 0.3 is 0 Å². The van der Waals surface area contributed by atoms with Gasteiger partial charge in [0.25, 0.3) is 0 Å². The maximum absolute atomic E-state index is 13.8. The Kier molecular flexibility index (Phi) is 5.26. The lowest BCUT2D eigenvalue weighted by Gasteiger charge is -2.47. The molecule has 3 aromatic carbocycles.